The molecule has 3 amide bonds. The number of benzene rings is 1. The Hall–Kier alpha value is -2.08. The topological polar surface area (TPSA) is 79.9 Å². The highest BCUT2D eigenvalue weighted by Crippen LogP contribution is 2.14. The Bertz CT molecular complexity index is 622. The molecule has 1 heterocycles. The number of rotatable bonds is 7. The summed E-state index contributed by atoms with van der Waals surface area (Å²) in [5.41, 5.74) is 7.96. The molecule has 150 valence electrons. The van der Waals surface area contributed by atoms with Gasteiger partial charge < -0.3 is 20.9 Å². The predicted octanol–water partition coefficient (Wildman–Crippen LogP) is 1.12. The Morgan fingerprint density at radius 2 is 1.74 bits per heavy atom. The molecule has 1 aliphatic heterocycles. The highest BCUT2D eigenvalue weighted by atomic mass is 16.2. The van der Waals surface area contributed by atoms with Crippen molar-refractivity contribution in [3.05, 3.63) is 35.4 Å². The summed E-state index contributed by atoms with van der Waals surface area (Å²) in [6.07, 6.45) is 0.814. The third-order valence-corrected chi connectivity index (χ3v) is 5.66. The van der Waals surface area contributed by atoms with Gasteiger partial charge in [-0.2, -0.15) is 0 Å². The van der Waals surface area contributed by atoms with Gasteiger partial charge in [0.05, 0.1) is 26.2 Å². The molecule has 1 aromatic carbocycles. The van der Waals surface area contributed by atoms with Gasteiger partial charge in [-0.15, -0.1) is 0 Å². The zero-order chi connectivity index (χ0) is 20.0. The van der Waals surface area contributed by atoms with Crippen LogP contribution in [0, 0.1) is 5.92 Å². The predicted molar refractivity (Wildman–Crippen MR) is 107 cm³/mol. The van der Waals surface area contributed by atoms with Crippen LogP contribution in [0.5, 0.6) is 0 Å². The Kier molecular flexibility index (Phi) is 7.66. The van der Waals surface area contributed by atoms with E-state index in [0.717, 1.165) is 26.1 Å². The van der Waals surface area contributed by atoms with Gasteiger partial charge in [-0.3, -0.25) is 4.79 Å². The van der Waals surface area contributed by atoms with Crippen LogP contribution in [0.25, 0.3) is 0 Å². The molecule has 0 spiro atoms. The van der Waals surface area contributed by atoms with Crippen molar-refractivity contribution in [3.8, 4) is 0 Å². The van der Waals surface area contributed by atoms with E-state index in [-0.39, 0.29) is 11.8 Å². The molecule has 0 unspecified atom stereocenters. The molecule has 4 N–H and O–H groups in total. The fourth-order valence-electron chi connectivity index (χ4n) is 3.56. The number of carbonyl (C=O) groups excluding carboxylic acids is 2. The fourth-order valence-corrected chi connectivity index (χ4v) is 3.56. The Morgan fingerprint density at radius 3 is 2.22 bits per heavy atom. The number of urea groups is 1. The number of piperazine rings is 1. The number of nitrogens with zero attached hydrogens (tertiary/aromatic N) is 1. The van der Waals surface area contributed by atoms with Crippen LogP contribution in [0.15, 0.2) is 24.3 Å². The minimum Gasteiger partial charge on any atom is -0.352 e. The molecule has 0 bridgehead atoms. The molecule has 1 aromatic rings. The van der Waals surface area contributed by atoms with E-state index < -0.39 is 12.1 Å². The van der Waals surface area contributed by atoms with Gasteiger partial charge in [0.1, 0.15) is 12.6 Å². The first-order chi connectivity index (χ1) is 12.8. The summed E-state index contributed by atoms with van der Waals surface area (Å²) in [4.78, 5) is 27.5. The SMILES string of the molecule is CC[C@H](C)[C@H](NC(N)=O)C(=O)N1CC[NH+](Cc2ccc(C(C)C)cc2)CC1. The Labute approximate surface area is 163 Å². The van der Waals surface area contributed by atoms with E-state index in [2.05, 4.69) is 43.4 Å². The van der Waals surface area contributed by atoms with Crippen molar-refractivity contribution in [1.29, 1.82) is 0 Å². The second-order valence-electron chi connectivity index (χ2n) is 8.02. The van der Waals surface area contributed by atoms with Crippen molar-refractivity contribution in [2.24, 2.45) is 11.7 Å². The molecule has 6 nitrogen and oxygen atoms in total. The van der Waals surface area contributed by atoms with E-state index in [4.69, 9.17) is 5.73 Å². The highest BCUT2D eigenvalue weighted by Gasteiger charge is 2.32. The van der Waals surface area contributed by atoms with Gasteiger partial charge in [0, 0.05) is 5.56 Å². The van der Waals surface area contributed by atoms with Crippen LogP contribution >= 0.6 is 0 Å². The molecule has 1 aliphatic rings. The first kappa shape index (κ1) is 21.2. The standard InChI is InChI=1S/C21H34N4O2/c1-5-16(4)19(23-21(22)27)20(26)25-12-10-24(11-13-25)14-17-6-8-18(9-7-17)15(2)3/h6-9,15-16,19H,5,10-14H2,1-4H3,(H3,22,23,27)/p+1/t16-,19-/m0/s1. The molecule has 1 fully saturated rings. The second kappa shape index (κ2) is 9.74. The lowest BCUT2D eigenvalue weighted by Gasteiger charge is -2.35. The van der Waals surface area contributed by atoms with Crippen LogP contribution in [0.3, 0.4) is 0 Å². The van der Waals surface area contributed by atoms with Crippen LogP contribution in [0.4, 0.5) is 4.79 Å². The number of amides is 3. The fraction of sp³-hybridized carbons (Fsp3) is 0.619. The maximum absolute atomic E-state index is 12.8. The number of nitrogens with two attached hydrogens (primary N) is 1. The highest BCUT2D eigenvalue weighted by molar-refractivity contribution is 5.86. The molecule has 27 heavy (non-hydrogen) atoms. The van der Waals surface area contributed by atoms with E-state index in [0.29, 0.717) is 19.0 Å². The van der Waals surface area contributed by atoms with Gasteiger partial charge in [0.15, 0.2) is 0 Å². The Morgan fingerprint density at radius 1 is 1.15 bits per heavy atom. The van der Waals surface area contributed by atoms with Crippen molar-refractivity contribution < 1.29 is 14.5 Å². The van der Waals surface area contributed by atoms with Crippen molar-refractivity contribution in [3.63, 3.8) is 0 Å². The number of quaternary nitrogens is 1. The van der Waals surface area contributed by atoms with E-state index >= 15 is 0 Å². The monoisotopic (exact) mass is 375 g/mol. The average Bonchev–Trinajstić information content (AvgIpc) is 2.66. The van der Waals surface area contributed by atoms with Crippen LogP contribution < -0.4 is 16.0 Å². The normalized spacial score (nSPS) is 17.6. The molecule has 2 atom stereocenters. The molecular formula is C21H35N4O2+. The summed E-state index contributed by atoms with van der Waals surface area (Å²) in [6, 6.07) is 7.70. The Balaban J connectivity index is 1.89. The lowest BCUT2D eigenvalue weighted by molar-refractivity contribution is -0.917. The zero-order valence-corrected chi connectivity index (χ0v) is 17.1. The zero-order valence-electron chi connectivity index (χ0n) is 17.1. The first-order valence-corrected chi connectivity index (χ1v) is 10.1. The van der Waals surface area contributed by atoms with Crippen molar-refractivity contribution in [2.45, 2.75) is 52.6 Å². The minimum absolute atomic E-state index is 0.0107. The molecule has 0 saturated carbocycles. The summed E-state index contributed by atoms with van der Waals surface area (Å²) in [6.45, 7) is 12.6. The third-order valence-electron chi connectivity index (χ3n) is 5.66. The van der Waals surface area contributed by atoms with Crippen LogP contribution in [0.2, 0.25) is 0 Å². The van der Waals surface area contributed by atoms with Gasteiger partial charge >= 0.3 is 6.03 Å². The molecule has 0 aliphatic carbocycles. The minimum atomic E-state index is -0.636. The molecule has 1 saturated heterocycles. The molecule has 6 heteroatoms. The third kappa shape index (κ3) is 5.96. The summed E-state index contributed by atoms with van der Waals surface area (Å²) in [7, 11) is 0. The number of primary amides is 1. The van der Waals surface area contributed by atoms with E-state index in [1.54, 1.807) is 0 Å². The summed E-state index contributed by atoms with van der Waals surface area (Å²) in [5.74, 6) is 0.603. The maximum atomic E-state index is 12.8. The molecule has 0 radical (unpaired) electrons. The van der Waals surface area contributed by atoms with Crippen LogP contribution in [0.1, 0.15) is 51.2 Å². The van der Waals surface area contributed by atoms with Gasteiger partial charge in [-0.25, -0.2) is 4.79 Å². The molecule has 0 aromatic heterocycles. The second-order valence-corrected chi connectivity index (χ2v) is 8.02. The van der Waals surface area contributed by atoms with Gasteiger partial charge in [-0.05, 0) is 17.4 Å². The van der Waals surface area contributed by atoms with Crippen LogP contribution in [-0.4, -0.2) is 49.1 Å². The van der Waals surface area contributed by atoms with Gasteiger partial charge in [-0.1, -0.05) is 58.4 Å². The lowest BCUT2D eigenvalue weighted by Crippen LogP contribution is -3.13. The van der Waals surface area contributed by atoms with Crippen molar-refractivity contribution in [2.75, 3.05) is 26.2 Å². The van der Waals surface area contributed by atoms with Crippen molar-refractivity contribution >= 4 is 11.9 Å². The summed E-state index contributed by atoms with van der Waals surface area (Å²) < 4.78 is 0. The number of nitrogens with one attached hydrogen (secondary N) is 2. The quantitative estimate of drug-likeness (QED) is 0.668. The average molecular weight is 376 g/mol. The summed E-state index contributed by atoms with van der Waals surface area (Å²) >= 11 is 0. The van der Waals surface area contributed by atoms with Crippen molar-refractivity contribution in [1.82, 2.24) is 10.2 Å². The summed E-state index contributed by atoms with van der Waals surface area (Å²) in [5, 5.41) is 2.63. The van der Waals surface area contributed by atoms with Crippen LogP contribution in [-0.2, 0) is 11.3 Å². The molecule has 2 rings (SSSR count). The number of hydrogen-bond donors (Lipinski definition) is 3. The smallest absolute Gasteiger partial charge is 0.312 e. The maximum Gasteiger partial charge on any atom is 0.312 e. The molecular weight excluding hydrogens is 340 g/mol. The first-order valence-electron chi connectivity index (χ1n) is 10.1. The number of carbonyl (C=O) groups is 2. The number of hydrogen-bond acceptors (Lipinski definition) is 2. The van der Waals surface area contributed by atoms with Gasteiger partial charge in [0.25, 0.3) is 0 Å². The largest absolute Gasteiger partial charge is 0.352 e. The lowest BCUT2D eigenvalue weighted by atomic mass is 9.97. The van der Waals surface area contributed by atoms with Gasteiger partial charge in [0.2, 0.25) is 5.91 Å². The van der Waals surface area contributed by atoms with E-state index in [1.807, 2.05) is 18.7 Å². The van der Waals surface area contributed by atoms with E-state index in [9.17, 15) is 9.59 Å². The van der Waals surface area contributed by atoms with E-state index in [1.165, 1.54) is 16.0 Å².